The molecule has 0 aromatic heterocycles. The molecule has 0 amide bonds. The molecule has 98 valence electrons. The predicted octanol–water partition coefficient (Wildman–Crippen LogP) is 2.73. The van der Waals surface area contributed by atoms with E-state index in [2.05, 4.69) is 32.8 Å². The highest BCUT2D eigenvalue weighted by molar-refractivity contribution is 5.81. The summed E-state index contributed by atoms with van der Waals surface area (Å²) in [6.45, 7) is 6.28. The second-order valence-corrected chi connectivity index (χ2v) is 4.93. The third-order valence-electron chi connectivity index (χ3n) is 2.98. The van der Waals surface area contributed by atoms with Crippen LogP contribution < -0.4 is 0 Å². The fraction of sp³-hybridized carbons (Fsp3) is 0.400. The van der Waals surface area contributed by atoms with Crippen molar-refractivity contribution < 1.29 is 14.0 Å². The average Bonchev–Trinajstić information content (AvgIpc) is 2.36. The SMILES string of the molecule is C=CC(=O)OC(CC)[N+](C)(C)Cc1ccccc1. The number of esters is 1. The molecule has 1 aromatic carbocycles. The Morgan fingerprint density at radius 3 is 2.50 bits per heavy atom. The fourth-order valence-electron chi connectivity index (χ4n) is 2.06. The Hall–Kier alpha value is -1.61. The van der Waals surface area contributed by atoms with Crippen LogP contribution in [0.4, 0.5) is 0 Å². The van der Waals surface area contributed by atoms with Crippen LogP contribution in [0.3, 0.4) is 0 Å². The molecule has 18 heavy (non-hydrogen) atoms. The topological polar surface area (TPSA) is 26.3 Å². The van der Waals surface area contributed by atoms with Crippen molar-refractivity contribution in [2.24, 2.45) is 0 Å². The maximum absolute atomic E-state index is 11.3. The third kappa shape index (κ3) is 4.00. The molecule has 1 unspecified atom stereocenters. The molecule has 0 aliphatic carbocycles. The molecule has 0 fully saturated rings. The van der Waals surface area contributed by atoms with Crippen LogP contribution >= 0.6 is 0 Å². The molecular weight excluding hydrogens is 226 g/mol. The van der Waals surface area contributed by atoms with Crippen molar-refractivity contribution >= 4 is 5.97 Å². The summed E-state index contributed by atoms with van der Waals surface area (Å²) in [5.74, 6) is -0.360. The van der Waals surface area contributed by atoms with Gasteiger partial charge < -0.3 is 4.74 Å². The van der Waals surface area contributed by atoms with Crippen molar-refractivity contribution in [3.63, 3.8) is 0 Å². The van der Waals surface area contributed by atoms with Crippen molar-refractivity contribution in [2.75, 3.05) is 14.1 Å². The van der Waals surface area contributed by atoms with E-state index in [4.69, 9.17) is 4.74 Å². The van der Waals surface area contributed by atoms with Crippen LogP contribution in [0.2, 0.25) is 0 Å². The summed E-state index contributed by atoms with van der Waals surface area (Å²) in [5, 5.41) is 0. The third-order valence-corrected chi connectivity index (χ3v) is 2.98. The summed E-state index contributed by atoms with van der Waals surface area (Å²) in [4.78, 5) is 11.3. The van der Waals surface area contributed by atoms with Gasteiger partial charge >= 0.3 is 5.97 Å². The van der Waals surface area contributed by atoms with E-state index in [0.29, 0.717) is 4.48 Å². The van der Waals surface area contributed by atoms with Gasteiger partial charge in [0.2, 0.25) is 6.23 Å². The van der Waals surface area contributed by atoms with Crippen molar-refractivity contribution in [2.45, 2.75) is 26.1 Å². The van der Waals surface area contributed by atoms with Gasteiger partial charge in [-0.3, -0.25) is 4.48 Å². The van der Waals surface area contributed by atoms with E-state index in [9.17, 15) is 4.79 Å². The van der Waals surface area contributed by atoms with E-state index in [1.54, 1.807) is 0 Å². The molecule has 0 aliphatic heterocycles. The average molecular weight is 248 g/mol. The molecule has 1 aromatic rings. The molecule has 0 saturated carbocycles. The van der Waals surface area contributed by atoms with E-state index >= 15 is 0 Å². The minimum Gasteiger partial charge on any atom is -0.409 e. The van der Waals surface area contributed by atoms with Gasteiger partial charge in [-0.2, -0.15) is 0 Å². The lowest BCUT2D eigenvalue weighted by molar-refractivity contribution is -0.947. The number of ether oxygens (including phenoxy) is 1. The highest BCUT2D eigenvalue weighted by atomic mass is 16.6. The molecule has 0 aliphatic rings. The van der Waals surface area contributed by atoms with Crippen LogP contribution in [0, 0.1) is 0 Å². The molecule has 0 bridgehead atoms. The lowest BCUT2D eigenvalue weighted by Crippen LogP contribution is -2.49. The Balaban J connectivity index is 2.76. The van der Waals surface area contributed by atoms with Crippen LogP contribution in [-0.2, 0) is 16.1 Å². The molecule has 1 rings (SSSR count). The number of nitrogens with zero attached hydrogens (tertiary/aromatic N) is 1. The number of quaternary nitrogens is 1. The number of carbonyl (C=O) groups is 1. The van der Waals surface area contributed by atoms with E-state index in [1.165, 1.54) is 11.6 Å². The number of hydrogen-bond acceptors (Lipinski definition) is 2. The van der Waals surface area contributed by atoms with Crippen LogP contribution in [0.15, 0.2) is 43.0 Å². The van der Waals surface area contributed by atoms with E-state index in [1.807, 2.05) is 25.1 Å². The van der Waals surface area contributed by atoms with Crippen LogP contribution in [-0.4, -0.2) is 30.8 Å². The Labute approximate surface area is 109 Å². The summed E-state index contributed by atoms with van der Waals surface area (Å²) < 4.78 is 6.01. The van der Waals surface area contributed by atoms with Gasteiger partial charge in [-0.25, -0.2) is 4.79 Å². The monoisotopic (exact) mass is 248 g/mol. The number of benzene rings is 1. The lowest BCUT2D eigenvalue weighted by atomic mass is 10.2. The lowest BCUT2D eigenvalue weighted by Gasteiger charge is -2.36. The first-order chi connectivity index (χ1) is 8.49. The second kappa shape index (κ2) is 6.36. The highest BCUT2D eigenvalue weighted by Crippen LogP contribution is 2.17. The second-order valence-electron chi connectivity index (χ2n) is 4.93. The minimum absolute atomic E-state index is 0.157. The molecule has 0 saturated heterocycles. The number of carbonyl (C=O) groups excluding carboxylic acids is 1. The molecule has 3 nitrogen and oxygen atoms in total. The Bertz CT molecular complexity index is 398. The Morgan fingerprint density at radius 2 is 2.00 bits per heavy atom. The molecule has 3 heteroatoms. The largest absolute Gasteiger partial charge is 0.409 e. The smallest absolute Gasteiger partial charge is 0.334 e. The summed E-state index contributed by atoms with van der Waals surface area (Å²) in [5.41, 5.74) is 1.23. The zero-order valence-electron chi connectivity index (χ0n) is 11.4. The maximum Gasteiger partial charge on any atom is 0.334 e. The molecule has 1 atom stereocenters. The summed E-state index contributed by atoms with van der Waals surface area (Å²) in [6.07, 6.45) is 1.83. The van der Waals surface area contributed by atoms with Gasteiger partial charge in [0.25, 0.3) is 0 Å². The van der Waals surface area contributed by atoms with Gasteiger partial charge in [-0.1, -0.05) is 43.8 Å². The summed E-state index contributed by atoms with van der Waals surface area (Å²) in [7, 11) is 4.13. The fourth-order valence-corrected chi connectivity index (χ4v) is 2.06. The predicted molar refractivity (Wildman–Crippen MR) is 72.6 cm³/mol. The van der Waals surface area contributed by atoms with E-state index in [-0.39, 0.29) is 12.2 Å². The molecule has 0 heterocycles. The van der Waals surface area contributed by atoms with Crippen molar-refractivity contribution in [3.8, 4) is 0 Å². The Kier molecular flexibility index (Phi) is 5.10. The molecule has 0 radical (unpaired) electrons. The molecular formula is C15H22NO2+. The highest BCUT2D eigenvalue weighted by Gasteiger charge is 2.29. The summed E-state index contributed by atoms with van der Waals surface area (Å²) in [6, 6.07) is 10.2. The van der Waals surface area contributed by atoms with Gasteiger partial charge in [0.15, 0.2) is 0 Å². The first kappa shape index (κ1) is 14.5. The number of rotatable bonds is 6. The number of hydrogen-bond donors (Lipinski definition) is 0. The van der Waals surface area contributed by atoms with Gasteiger partial charge in [-0.05, 0) is 0 Å². The normalized spacial score (nSPS) is 12.8. The van der Waals surface area contributed by atoms with Crippen molar-refractivity contribution in [1.82, 2.24) is 0 Å². The van der Waals surface area contributed by atoms with Crippen molar-refractivity contribution in [3.05, 3.63) is 48.6 Å². The van der Waals surface area contributed by atoms with Crippen LogP contribution in [0.1, 0.15) is 18.9 Å². The van der Waals surface area contributed by atoms with Crippen LogP contribution in [0.25, 0.3) is 0 Å². The quantitative estimate of drug-likeness (QED) is 0.335. The first-order valence-electron chi connectivity index (χ1n) is 6.19. The zero-order valence-corrected chi connectivity index (χ0v) is 11.4. The minimum atomic E-state index is -0.360. The van der Waals surface area contributed by atoms with Gasteiger partial charge in [0.05, 0.1) is 14.1 Å². The summed E-state index contributed by atoms with van der Waals surface area (Å²) >= 11 is 0. The Morgan fingerprint density at radius 1 is 1.39 bits per heavy atom. The maximum atomic E-state index is 11.3. The first-order valence-corrected chi connectivity index (χ1v) is 6.19. The van der Waals surface area contributed by atoms with Crippen LogP contribution in [0.5, 0.6) is 0 Å². The van der Waals surface area contributed by atoms with Gasteiger partial charge in [0.1, 0.15) is 6.54 Å². The standard InChI is InChI=1S/C15H22NO2/c1-5-14(18-15(17)6-2)16(3,4)12-13-10-8-7-9-11-13/h6-11,14H,2,5,12H2,1,3-4H3/q+1. The molecule has 0 spiro atoms. The van der Waals surface area contributed by atoms with E-state index < -0.39 is 0 Å². The van der Waals surface area contributed by atoms with Gasteiger partial charge in [0, 0.05) is 18.1 Å². The van der Waals surface area contributed by atoms with Crippen molar-refractivity contribution in [1.29, 1.82) is 0 Å². The molecule has 0 N–H and O–H groups in total. The van der Waals surface area contributed by atoms with E-state index in [0.717, 1.165) is 13.0 Å². The van der Waals surface area contributed by atoms with Gasteiger partial charge in [-0.15, -0.1) is 0 Å². The zero-order chi connectivity index (χ0) is 13.6.